The van der Waals surface area contributed by atoms with Crippen LogP contribution in [0.15, 0.2) is 24.4 Å². The smallest absolute Gasteiger partial charge is 0.222 e. The number of nitrogens with zero attached hydrogens (tertiary/aromatic N) is 2. The molecule has 3 atom stereocenters. The number of hydrogen-bond donors (Lipinski definition) is 1. The van der Waals surface area contributed by atoms with Crippen LogP contribution < -0.4 is 5.32 Å². The van der Waals surface area contributed by atoms with Crippen LogP contribution in [0, 0.1) is 11.8 Å². The Morgan fingerprint density at radius 1 is 1.32 bits per heavy atom. The third-order valence-corrected chi connectivity index (χ3v) is 6.21. The predicted octanol–water partition coefficient (Wildman–Crippen LogP) is 2.91. The largest absolute Gasteiger partial charge is 0.356 e. The molecule has 1 unspecified atom stereocenters. The van der Waals surface area contributed by atoms with Crippen molar-refractivity contribution in [1.82, 2.24) is 14.8 Å². The van der Waals surface area contributed by atoms with Crippen molar-refractivity contribution in [3.05, 3.63) is 35.5 Å². The second-order valence-corrected chi connectivity index (χ2v) is 8.33. The standard InChI is InChI=1S/C21H29N3O/c1-13(2)21(25)22-10-14-8-17-16-6-5-7-18-20(16)15(12-24(18)4)9-19(17)23(3)11-14/h5-7,12-14,17,19H,8-11H2,1-4H3,(H,22,25)/t14-,17?,19+/m0/s1. The topological polar surface area (TPSA) is 37.3 Å². The summed E-state index contributed by atoms with van der Waals surface area (Å²) in [5.41, 5.74) is 4.35. The van der Waals surface area contributed by atoms with Crippen LogP contribution in [0.5, 0.6) is 0 Å². The molecule has 1 aromatic carbocycles. The van der Waals surface area contributed by atoms with Gasteiger partial charge in [0.2, 0.25) is 5.91 Å². The summed E-state index contributed by atoms with van der Waals surface area (Å²) in [4.78, 5) is 14.5. The van der Waals surface area contributed by atoms with Crippen molar-refractivity contribution < 1.29 is 4.79 Å². The fourth-order valence-corrected chi connectivity index (χ4v) is 4.93. The minimum atomic E-state index is 0.0596. The van der Waals surface area contributed by atoms with E-state index in [4.69, 9.17) is 0 Å². The maximum atomic E-state index is 11.9. The quantitative estimate of drug-likeness (QED) is 0.934. The van der Waals surface area contributed by atoms with Crippen molar-refractivity contribution in [1.29, 1.82) is 0 Å². The van der Waals surface area contributed by atoms with Crippen LogP contribution in [0.1, 0.15) is 37.3 Å². The van der Waals surface area contributed by atoms with Crippen molar-refractivity contribution >= 4 is 16.8 Å². The van der Waals surface area contributed by atoms with Gasteiger partial charge in [0.1, 0.15) is 0 Å². The average molecular weight is 339 g/mol. The van der Waals surface area contributed by atoms with E-state index in [1.807, 2.05) is 13.8 Å². The van der Waals surface area contributed by atoms with Crippen LogP contribution in [0.3, 0.4) is 0 Å². The molecule has 4 heteroatoms. The Morgan fingerprint density at radius 3 is 2.88 bits per heavy atom. The molecule has 25 heavy (non-hydrogen) atoms. The van der Waals surface area contributed by atoms with Gasteiger partial charge in [-0.05, 0) is 43.0 Å². The highest BCUT2D eigenvalue weighted by Gasteiger charge is 2.39. The second kappa shape index (κ2) is 6.17. The first-order valence-corrected chi connectivity index (χ1v) is 9.50. The number of piperidine rings is 1. The minimum Gasteiger partial charge on any atom is -0.356 e. The minimum absolute atomic E-state index is 0.0596. The highest BCUT2D eigenvalue weighted by atomic mass is 16.1. The first-order chi connectivity index (χ1) is 12.0. The number of aromatic nitrogens is 1. The lowest BCUT2D eigenvalue weighted by atomic mass is 9.72. The Hall–Kier alpha value is -1.81. The molecule has 1 amide bonds. The number of benzene rings is 1. The Bertz CT molecular complexity index is 807. The third kappa shape index (κ3) is 2.77. The van der Waals surface area contributed by atoms with E-state index >= 15 is 0 Å². The molecule has 4 nitrogen and oxygen atoms in total. The molecule has 4 rings (SSSR count). The van der Waals surface area contributed by atoms with Crippen LogP contribution in [-0.2, 0) is 18.3 Å². The van der Waals surface area contributed by atoms with Crippen molar-refractivity contribution in [3.63, 3.8) is 0 Å². The SMILES string of the molecule is CC(C)C(=O)NC[C@@H]1CC2c3cccc4c3c(cn4C)C[C@H]2N(C)C1. The first-order valence-electron chi connectivity index (χ1n) is 9.50. The van der Waals surface area contributed by atoms with E-state index in [1.165, 1.54) is 28.5 Å². The lowest BCUT2D eigenvalue weighted by molar-refractivity contribution is -0.124. The van der Waals surface area contributed by atoms with E-state index < -0.39 is 0 Å². The van der Waals surface area contributed by atoms with Gasteiger partial charge in [-0.25, -0.2) is 0 Å². The molecule has 2 heterocycles. The van der Waals surface area contributed by atoms with Gasteiger partial charge in [-0.3, -0.25) is 4.79 Å². The van der Waals surface area contributed by atoms with Crippen LogP contribution in [0.4, 0.5) is 0 Å². The summed E-state index contributed by atoms with van der Waals surface area (Å²) in [5.74, 6) is 1.32. The molecule has 0 saturated carbocycles. The summed E-state index contributed by atoms with van der Waals surface area (Å²) in [6, 6.07) is 7.34. The summed E-state index contributed by atoms with van der Waals surface area (Å²) in [5, 5.41) is 4.62. The van der Waals surface area contributed by atoms with E-state index in [-0.39, 0.29) is 11.8 Å². The Labute approximate surface area is 150 Å². The molecule has 1 aromatic heterocycles. The number of aryl methyl sites for hydroxylation is 1. The van der Waals surface area contributed by atoms with Crippen LogP contribution in [0.2, 0.25) is 0 Å². The number of rotatable bonds is 3. The van der Waals surface area contributed by atoms with Crippen LogP contribution in [0.25, 0.3) is 10.9 Å². The van der Waals surface area contributed by atoms with Gasteiger partial charge in [0.25, 0.3) is 0 Å². The van der Waals surface area contributed by atoms with Crippen molar-refractivity contribution in [2.75, 3.05) is 20.1 Å². The van der Waals surface area contributed by atoms with E-state index in [2.05, 4.69) is 53.3 Å². The summed E-state index contributed by atoms with van der Waals surface area (Å²) < 4.78 is 2.27. The van der Waals surface area contributed by atoms with Crippen LogP contribution in [-0.4, -0.2) is 41.6 Å². The number of fused-ring (bicyclic) bond motifs is 2. The number of likely N-dealkylation sites (N-methyl/N-ethyl adjacent to an activating group) is 1. The summed E-state index contributed by atoms with van der Waals surface area (Å²) in [7, 11) is 4.40. The molecular formula is C21H29N3O. The summed E-state index contributed by atoms with van der Waals surface area (Å²) >= 11 is 0. The van der Waals surface area contributed by atoms with Crippen molar-refractivity contribution in [2.24, 2.45) is 18.9 Å². The second-order valence-electron chi connectivity index (χ2n) is 8.33. The number of nitrogens with one attached hydrogen (secondary N) is 1. The monoisotopic (exact) mass is 339 g/mol. The van der Waals surface area contributed by atoms with Gasteiger partial charge in [-0.15, -0.1) is 0 Å². The lowest BCUT2D eigenvalue weighted by Crippen LogP contribution is -2.50. The fourth-order valence-electron chi connectivity index (χ4n) is 4.93. The summed E-state index contributed by atoms with van der Waals surface area (Å²) in [6.45, 7) is 5.77. The third-order valence-electron chi connectivity index (χ3n) is 6.21. The van der Waals surface area contributed by atoms with Gasteiger partial charge in [0.15, 0.2) is 0 Å². The Kier molecular flexibility index (Phi) is 4.11. The van der Waals surface area contributed by atoms with Crippen molar-refractivity contribution in [2.45, 2.75) is 38.6 Å². The molecule has 1 aliphatic carbocycles. The van der Waals surface area contributed by atoms with E-state index in [1.54, 1.807) is 0 Å². The maximum Gasteiger partial charge on any atom is 0.222 e. The number of hydrogen-bond acceptors (Lipinski definition) is 2. The first kappa shape index (κ1) is 16.6. The van der Waals surface area contributed by atoms with Gasteiger partial charge in [0.05, 0.1) is 0 Å². The zero-order valence-corrected chi connectivity index (χ0v) is 15.7. The molecule has 0 bridgehead atoms. The Balaban J connectivity index is 1.61. The van der Waals surface area contributed by atoms with E-state index in [0.29, 0.717) is 17.9 Å². The van der Waals surface area contributed by atoms with E-state index in [0.717, 1.165) is 19.5 Å². The number of likely N-dealkylation sites (tertiary alicyclic amines) is 1. The highest BCUT2D eigenvalue weighted by molar-refractivity contribution is 5.89. The molecule has 2 aliphatic rings. The molecule has 2 aromatic rings. The lowest BCUT2D eigenvalue weighted by Gasteiger charge is -2.45. The van der Waals surface area contributed by atoms with Crippen molar-refractivity contribution in [3.8, 4) is 0 Å². The average Bonchev–Trinajstić information content (AvgIpc) is 2.91. The highest BCUT2D eigenvalue weighted by Crippen LogP contribution is 2.44. The molecular weight excluding hydrogens is 310 g/mol. The number of carbonyl (C=O) groups excluding carboxylic acids is 1. The molecule has 1 fully saturated rings. The molecule has 0 spiro atoms. The molecule has 1 N–H and O–H groups in total. The molecule has 134 valence electrons. The number of carbonyl (C=O) groups is 1. The zero-order chi connectivity index (χ0) is 17.7. The van der Waals surface area contributed by atoms with Gasteiger partial charge >= 0.3 is 0 Å². The van der Waals surface area contributed by atoms with E-state index in [9.17, 15) is 4.79 Å². The van der Waals surface area contributed by atoms with Gasteiger partial charge in [-0.2, -0.15) is 0 Å². The number of amides is 1. The predicted molar refractivity (Wildman–Crippen MR) is 102 cm³/mol. The maximum absolute atomic E-state index is 11.9. The molecule has 1 saturated heterocycles. The van der Waals surface area contributed by atoms with Crippen LogP contribution >= 0.6 is 0 Å². The summed E-state index contributed by atoms with van der Waals surface area (Å²) in [6.07, 6.45) is 4.62. The zero-order valence-electron chi connectivity index (χ0n) is 15.7. The van der Waals surface area contributed by atoms with Gasteiger partial charge < -0.3 is 14.8 Å². The molecule has 1 aliphatic heterocycles. The van der Waals surface area contributed by atoms with Gasteiger partial charge in [0, 0.05) is 55.1 Å². The van der Waals surface area contributed by atoms with Gasteiger partial charge in [-0.1, -0.05) is 26.0 Å². The Morgan fingerprint density at radius 2 is 2.12 bits per heavy atom. The fraction of sp³-hybridized carbons (Fsp3) is 0.571. The molecule has 0 radical (unpaired) electrons. The normalized spacial score (nSPS) is 26.0.